The molecule has 1 heterocycles. The van der Waals surface area contributed by atoms with Crippen molar-refractivity contribution in [1.82, 2.24) is 0 Å². The summed E-state index contributed by atoms with van der Waals surface area (Å²) < 4.78 is 0. The molecule has 2 aromatic carbocycles. The lowest BCUT2D eigenvalue weighted by atomic mass is 10.1. The first-order valence-electron chi connectivity index (χ1n) is 6.61. The van der Waals surface area contributed by atoms with Crippen LogP contribution >= 0.6 is 46.4 Å². The Morgan fingerprint density at radius 3 is 1.58 bits per heavy atom. The van der Waals surface area contributed by atoms with Gasteiger partial charge in [0.2, 0.25) is 0 Å². The highest BCUT2D eigenvalue weighted by atomic mass is 35.5. The van der Waals surface area contributed by atoms with Crippen LogP contribution in [0.25, 0.3) is 0 Å². The fraction of sp³-hybridized carbons (Fsp3) is 0.0625. The van der Waals surface area contributed by atoms with Crippen LogP contribution in [0.2, 0.25) is 20.1 Å². The molecule has 0 bridgehead atoms. The maximum Gasteiger partial charge on any atom is 0.267 e. The fourth-order valence-electron chi connectivity index (χ4n) is 2.43. The Bertz CT molecular complexity index is 875. The number of anilines is 1. The smallest absolute Gasteiger partial charge is 0.267 e. The van der Waals surface area contributed by atoms with Crippen LogP contribution in [0.4, 0.5) is 5.69 Å². The first-order chi connectivity index (χ1) is 11.3. The molecule has 0 aromatic heterocycles. The first kappa shape index (κ1) is 17.2. The second-order valence-corrected chi connectivity index (χ2v) is 6.57. The molecule has 0 spiro atoms. The molecule has 0 unspecified atom stereocenters. The van der Waals surface area contributed by atoms with Crippen LogP contribution < -0.4 is 4.90 Å². The number of imide groups is 1. The van der Waals surface area contributed by atoms with Crippen molar-refractivity contribution >= 4 is 69.7 Å². The summed E-state index contributed by atoms with van der Waals surface area (Å²) in [4.78, 5) is 37.6. The number of halogens is 4. The van der Waals surface area contributed by atoms with Gasteiger partial charge >= 0.3 is 0 Å². The van der Waals surface area contributed by atoms with Crippen LogP contribution in [-0.2, 0) is 0 Å². The quantitative estimate of drug-likeness (QED) is 0.296. The van der Waals surface area contributed by atoms with Crippen LogP contribution in [0.3, 0.4) is 0 Å². The van der Waals surface area contributed by atoms with E-state index in [9.17, 15) is 14.4 Å². The number of carbonyl (C=O) groups excluding carboxylic acids is 3. The molecule has 2 amide bonds. The van der Waals surface area contributed by atoms with E-state index in [0.29, 0.717) is 5.56 Å². The van der Waals surface area contributed by atoms with Crippen LogP contribution in [0.15, 0.2) is 24.3 Å². The predicted molar refractivity (Wildman–Crippen MR) is 94.1 cm³/mol. The van der Waals surface area contributed by atoms with Crippen molar-refractivity contribution in [3.63, 3.8) is 0 Å². The number of Topliss-reactive ketones (excluding diaryl/α,β-unsaturated/α-hetero) is 1. The molecule has 0 radical (unpaired) electrons. The Morgan fingerprint density at radius 2 is 1.21 bits per heavy atom. The molecule has 4 nitrogen and oxygen atoms in total. The zero-order valence-electron chi connectivity index (χ0n) is 12.0. The van der Waals surface area contributed by atoms with E-state index in [0.717, 1.165) is 4.90 Å². The number of fused-ring (bicyclic) bond motifs is 1. The summed E-state index contributed by atoms with van der Waals surface area (Å²) in [5, 5.41) is -0.418. The van der Waals surface area contributed by atoms with Gasteiger partial charge in [-0.25, -0.2) is 4.90 Å². The van der Waals surface area contributed by atoms with Gasteiger partial charge in [0.1, 0.15) is 0 Å². The van der Waals surface area contributed by atoms with Crippen molar-refractivity contribution in [2.75, 3.05) is 4.90 Å². The molecular weight excluding hydrogens is 396 g/mol. The maximum atomic E-state index is 12.7. The normalized spacial score (nSPS) is 13.5. The van der Waals surface area contributed by atoms with Gasteiger partial charge in [-0.2, -0.15) is 0 Å². The van der Waals surface area contributed by atoms with Gasteiger partial charge < -0.3 is 0 Å². The molecule has 0 fully saturated rings. The van der Waals surface area contributed by atoms with Crippen LogP contribution in [0.5, 0.6) is 0 Å². The number of hydrogen-bond acceptors (Lipinski definition) is 3. The lowest BCUT2D eigenvalue weighted by molar-refractivity contribution is 0.0925. The monoisotopic (exact) mass is 401 g/mol. The third-order valence-electron chi connectivity index (χ3n) is 3.63. The molecule has 1 aliphatic heterocycles. The van der Waals surface area contributed by atoms with Crippen molar-refractivity contribution in [2.45, 2.75) is 6.92 Å². The van der Waals surface area contributed by atoms with Crippen molar-refractivity contribution in [3.8, 4) is 0 Å². The average Bonchev–Trinajstić information content (AvgIpc) is 2.82. The molecule has 0 N–H and O–H groups in total. The van der Waals surface area contributed by atoms with E-state index >= 15 is 0 Å². The highest BCUT2D eigenvalue weighted by molar-refractivity contribution is 6.56. The van der Waals surface area contributed by atoms with Gasteiger partial charge in [0, 0.05) is 5.56 Å². The summed E-state index contributed by atoms with van der Waals surface area (Å²) in [5.74, 6) is -1.44. The van der Waals surface area contributed by atoms with Gasteiger partial charge in [-0.15, -0.1) is 0 Å². The molecule has 0 saturated heterocycles. The lowest BCUT2D eigenvalue weighted by Crippen LogP contribution is -2.29. The second-order valence-electron chi connectivity index (χ2n) is 5.05. The lowest BCUT2D eigenvalue weighted by Gasteiger charge is -2.14. The molecule has 8 heteroatoms. The van der Waals surface area contributed by atoms with E-state index in [-0.39, 0.29) is 42.7 Å². The number of nitrogens with zero attached hydrogens (tertiary/aromatic N) is 1. The van der Waals surface area contributed by atoms with E-state index in [1.54, 1.807) is 0 Å². The SMILES string of the molecule is CC(=O)c1ccc(N2C(=O)c3c(Cl)c(Cl)c(Cl)c(Cl)c3C2=O)cc1. The zero-order chi connectivity index (χ0) is 17.8. The summed E-state index contributed by atoms with van der Waals surface area (Å²) in [5.41, 5.74) is 0.566. The molecule has 0 atom stereocenters. The maximum absolute atomic E-state index is 12.7. The van der Waals surface area contributed by atoms with E-state index < -0.39 is 11.8 Å². The Morgan fingerprint density at radius 1 is 0.792 bits per heavy atom. The topological polar surface area (TPSA) is 54.5 Å². The fourth-order valence-corrected chi connectivity index (χ4v) is 3.44. The number of rotatable bonds is 2. The first-order valence-corrected chi connectivity index (χ1v) is 8.12. The Balaban J connectivity index is 2.16. The van der Waals surface area contributed by atoms with E-state index in [1.807, 2.05) is 0 Å². The van der Waals surface area contributed by atoms with E-state index in [2.05, 4.69) is 0 Å². The van der Waals surface area contributed by atoms with Gasteiger partial charge in [-0.1, -0.05) is 46.4 Å². The van der Waals surface area contributed by atoms with Crippen molar-refractivity contribution in [2.24, 2.45) is 0 Å². The minimum Gasteiger partial charge on any atom is -0.295 e. The summed E-state index contributed by atoms with van der Waals surface area (Å²) >= 11 is 24.1. The second kappa shape index (κ2) is 6.05. The number of hydrogen-bond donors (Lipinski definition) is 0. The van der Waals surface area contributed by atoms with Crippen molar-refractivity contribution in [1.29, 1.82) is 0 Å². The number of amides is 2. The Hall–Kier alpha value is -1.59. The van der Waals surface area contributed by atoms with Gasteiger partial charge in [0.25, 0.3) is 11.8 Å². The zero-order valence-corrected chi connectivity index (χ0v) is 15.0. The average molecular weight is 403 g/mol. The molecule has 24 heavy (non-hydrogen) atoms. The molecule has 0 aliphatic carbocycles. The molecule has 122 valence electrons. The summed E-state index contributed by atoms with van der Waals surface area (Å²) in [7, 11) is 0. The standard InChI is InChI=1S/C16H7Cl4NO3/c1-6(22)7-2-4-8(5-3-7)21-15(23)9-10(16(21)24)12(18)14(20)13(19)11(9)17/h2-5H,1H3. The predicted octanol–water partition coefficient (Wildman–Crippen LogP) is 5.30. The van der Waals surface area contributed by atoms with E-state index in [1.165, 1.54) is 31.2 Å². The summed E-state index contributed by atoms with van der Waals surface area (Å²) in [6, 6.07) is 6.02. The molecular formula is C16H7Cl4NO3. The minimum absolute atomic E-state index is 0.0861. The summed E-state index contributed by atoms with van der Waals surface area (Å²) in [6.45, 7) is 1.42. The third-order valence-corrected chi connectivity index (χ3v) is 5.44. The molecule has 3 rings (SSSR count). The van der Waals surface area contributed by atoms with Gasteiger partial charge in [-0.3, -0.25) is 14.4 Å². The molecule has 0 saturated carbocycles. The number of benzene rings is 2. The van der Waals surface area contributed by atoms with Crippen LogP contribution in [0.1, 0.15) is 38.0 Å². The van der Waals surface area contributed by atoms with E-state index in [4.69, 9.17) is 46.4 Å². The van der Waals surface area contributed by atoms with Crippen molar-refractivity contribution in [3.05, 3.63) is 61.0 Å². The number of carbonyl (C=O) groups is 3. The highest BCUT2D eigenvalue weighted by Crippen LogP contribution is 2.45. The highest BCUT2D eigenvalue weighted by Gasteiger charge is 2.42. The molecule has 1 aliphatic rings. The van der Waals surface area contributed by atoms with Gasteiger partial charge in [0.05, 0.1) is 36.9 Å². The minimum atomic E-state index is -0.656. The Kier molecular flexibility index (Phi) is 4.34. The van der Waals surface area contributed by atoms with Crippen molar-refractivity contribution < 1.29 is 14.4 Å². The van der Waals surface area contributed by atoms with Crippen LogP contribution in [-0.4, -0.2) is 17.6 Å². The molecule has 2 aromatic rings. The summed E-state index contributed by atoms with van der Waals surface area (Å²) in [6.07, 6.45) is 0. The van der Waals surface area contributed by atoms with Crippen LogP contribution in [0, 0.1) is 0 Å². The third kappa shape index (κ3) is 2.42. The Labute approximate surface area is 156 Å². The number of ketones is 1. The largest absolute Gasteiger partial charge is 0.295 e. The van der Waals surface area contributed by atoms with Gasteiger partial charge in [0.15, 0.2) is 5.78 Å². The van der Waals surface area contributed by atoms with Gasteiger partial charge in [-0.05, 0) is 31.2 Å².